The first-order valence-corrected chi connectivity index (χ1v) is 6.64. The molecule has 2 aliphatic heterocycles. The van der Waals surface area contributed by atoms with Crippen LogP contribution in [0.15, 0.2) is 24.3 Å². The average Bonchev–Trinajstić information content (AvgIpc) is 2.36. The van der Waals surface area contributed by atoms with Crippen molar-refractivity contribution in [1.29, 1.82) is 0 Å². The van der Waals surface area contributed by atoms with E-state index in [1.165, 1.54) is 0 Å². The number of carbonyl (C=O) groups excluding carboxylic acids is 2. The second-order valence-electron chi connectivity index (χ2n) is 5.58. The van der Waals surface area contributed by atoms with E-state index in [1.807, 2.05) is 32.0 Å². The first-order chi connectivity index (χ1) is 9.03. The molecule has 0 aromatic heterocycles. The van der Waals surface area contributed by atoms with Gasteiger partial charge in [0.2, 0.25) is 5.91 Å². The van der Waals surface area contributed by atoms with Crippen molar-refractivity contribution in [2.24, 2.45) is 0 Å². The molecule has 3 rings (SSSR count). The van der Waals surface area contributed by atoms with Gasteiger partial charge in [-0.1, -0.05) is 18.2 Å². The molecule has 4 heteroatoms. The maximum atomic E-state index is 12.4. The van der Waals surface area contributed by atoms with Crippen molar-refractivity contribution in [2.45, 2.75) is 44.3 Å². The molecule has 1 N–H and O–H groups in total. The SMILES string of the molecule is CC1CC2(CC(C)O1)C(=O)NC(=O)c1ccccc12. The van der Waals surface area contributed by atoms with Gasteiger partial charge in [0.1, 0.15) is 0 Å². The summed E-state index contributed by atoms with van der Waals surface area (Å²) in [6, 6.07) is 7.39. The van der Waals surface area contributed by atoms with Gasteiger partial charge in [-0.15, -0.1) is 0 Å². The third-order valence-electron chi connectivity index (χ3n) is 4.09. The number of benzene rings is 1. The lowest BCUT2D eigenvalue weighted by Gasteiger charge is -2.44. The minimum atomic E-state index is -0.623. The predicted molar refractivity (Wildman–Crippen MR) is 69.8 cm³/mol. The Balaban J connectivity index is 2.17. The molecular weight excluding hydrogens is 242 g/mol. The number of carbonyl (C=O) groups is 2. The zero-order valence-corrected chi connectivity index (χ0v) is 11.1. The third-order valence-corrected chi connectivity index (χ3v) is 4.09. The van der Waals surface area contributed by atoms with Crippen LogP contribution in [0.25, 0.3) is 0 Å². The molecule has 1 spiro atoms. The Bertz CT molecular complexity index is 542. The van der Waals surface area contributed by atoms with Crippen molar-refractivity contribution in [3.63, 3.8) is 0 Å². The topological polar surface area (TPSA) is 55.4 Å². The van der Waals surface area contributed by atoms with Gasteiger partial charge in [-0.3, -0.25) is 14.9 Å². The molecular formula is C15H17NO3. The summed E-state index contributed by atoms with van der Waals surface area (Å²) in [7, 11) is 0. The molecule has 2 heterocycles. The van der Waals surface area contributed by atoms with Gasteiger partial charge in [-0.2, -0.15) is 0 Å². The van der Waals surface area contributed by atoms with E-state index in [1.54, 1.807) is 6.07 Å². The third kappa shape index (κ3) is 1.78. The molecule has 0 saturated carbocycles. The first-order valence-electron chi connectivity index (χ1n) is 6.64. The van der Waals surface area contributed by atoms with E-state index in [2.05, 4.69) is 5.32 Å². The average molecular weight is 259 g/mol. The maximum Gasteiger partial charge on any atom is 0.258 e. The van der Waals surface area contributed by atoms with Gasteiger partial charge >= 0.3 is 0 Å². The minimum absolute atomic E-state index is 0.00996. The van der Waals surface area contributed by atoms with E-state index in [-0.39, 0.29) is 24.0 Å². The number of fused-ring (bicyclic) bond motifs is 2. The Morgan fingerprint density at radius 2 is 1.79 bits per heavy atom. The van der Waals surface area contributed by atoms with Gasteiger partial charge in [0.05, 0.1) is 17.6 Å². The molecule has 2 atom stereocenters. The molecule has 1 saturated heterocycles. The van der Waals surface area contributed by atoms with E-state index in [0.717, 1.165) is 5.56 Å². The van der Waals surface area contributed by atoms with Crippen molar-refractivity contribution >= 4 is 11.8 Å². The summed E-state index contributed by atoms with van der Waals surface area (Å²) < 4.78 is 5.74. The number of rotatable bonds is 0. The van der Waals surface area contributed by atoms with E-state index in [4.69, 9.17) is 4.74 Å². The summed E-state index contributed by atoms with van der Waals surface area (Å²) in [6.07, 6.45) is 1.26. The van der Waals surface area contributed by atoms with Crippen LogP contribution >= 0.6 is 0 Å². The number of amides is 2. The van der Waals surface area contributed by atoms with Crippen LogP contribution in [0.5, 0.6) is 0 Å². The van der Waals surface area contributed by atoms with Crippen LogP contribution in [0.3, 0.4) is 0 Å². The van der Waals surface area contributed by atoms with Gasteiger partial charge < -0.3 is 4.74 Å². The smallest absolute Gasteiger partial charge is 0.258 e. The standard InChI is InChI=1S/C15H17NO3/c1-9-7-15(8-10(2)19-9)12-6-4-3-5-11(12)13(17)16-14(15)18/h3-6,9-10H,7-8H2,1-2H3,(H,16,17,18). The first kappa shape index (κ1) is 12.4. The van der Waals surface area contributed by atoms with Crippen molar-refractivity contribution < 1.29 is 14.3 Å². The number of ether oxygens (including phenoxy) is 1. The van der Waals surface area contributed by atoms with Crippen molar-refractivity contribution in [3.8, 4) is 0 Å². The highest BCUT2D eigenvalue weighted by Crippen LogP contribution is 2.43. The Morgan fingerprint density at radius 3 is 2.47 bits per heavy atom. The van der Waals surface area contributed by atoms with Crippen LogP contribution in [-0.4, -0.2) is 24.0 Å². The van der Waals surface area contributed by atoms with Crippen molar-refractivity contribution in [1.82, 2.24) is 5.32 Å². The molecule has 19 heavy (non-hydrogen) atoms. The van der Waals surface area contributed by atoms with Crippen LogP contribution in [0, 0.1) is 0 Å². The van der Waals surface area contributed by atoms with Crippen LogP contribution in [-0.2, 0) is 14.9 Å². The fourth-order valence-corrected chi connectivity index (χ4v) is 3.47. The van der Waals surface area contributed by atoms with Crippen LogP contribution in [0.2, 0.25) is 0 Å². The minimum Gasteiger partial charge on any atom is -0.375 e. The summed E-state index contributed by atoms with van der Waals surface area (Å²) in [6.45, 7) is 3.95. The summed E-state index contributed by atoms with van der Waals surface area (Å²) in [5.74, 6) is -0.476. The van der Waals surface area contributed by atoms with E-state index >= 15 is 0 Å². The lowest BCUT2D eigenvalue weighted by Crippen LogP contribution is -2.56. The molecule has 2 unspecified atom stereocenters. The molecule has 0 bridgehead atoms. The molecule has 2 amide bonds. The monoisotopic (exact) mass is 259 g/mol. The fraction of sp³-hybridized carbons (Fsp3) is 0.467. The summed E-state index contributed by atoms with van der Waals surface area (Å²) in [5.41, 5.74) is 0.843. The van der Waals surface area contributed by atoms with Gasteiger partial charge in [0, 0.05) is 5.56 Å². The Kier molecular flexibility index (Phi) is 2.71. The van der Waals surface area contributed by atoms with Crippen LogP contribution < -0.4 is 5.32 Å². The molecule has 1 fully saturated rings. The van der Waals surface area contributed by atoms with E-state index in [0.29, 0.717) is 18.4 Å². The molecule has 1 aromatic carbocycles. The molecule has 100 valence electrons. The lowest BCUT2D eigenvalue weighted by atomic mass is 9.67. The zero-order chi connectivity index (χ0) is 13.6. The molecule has 2 aliphatic rings. The zero-order valence-electron chi connectivity index (χ0n) is 11.1. The van der Waals surface area contributed by atoms with E-state index in [9.17, 15) is 9.59 Å². The Morgan fingerprint density at radius 1 is 1.16 bits per heavy atom. The van der Waals surface area contributed by atoms with Gasteiger partial charge in [0.25, 0.3) is 5.91 Å². The second kappa shape index (κ2) is 4.17. The summed E-state index contributed by atoms with van der Waals surface area (Å²) in [4.78, 5) is 24.4. The molecule has 4 nitrogen and oxygen atoms in total. The highest BCUT2D eigenvalue weighted by molar-refractivity contribution is 6.13. The number of hydrogen-bond acceptors (Lipinski definition) is 3. The quantitative estimate of drug-likeness (QED) is 0.723. The van der Waals surface area contributed by atoms with Gasteiger partial charge in [0.15, 0.2) is 0 Å². The van der Waals surface area contributed by atoms with Gasteiger partial charge in [-0.25, -0.2) is 0 Å². The largest absolute Gasteiger partial charge is 0.375 e. The van der Waals surface area contributed by atoms with Crippen LogP contribution in [0.1, 0.15) is 42.6 Å². The maximum absolute atomic E-state index is 12.4. The van der Waals surface area contributed by atoms with Crippen LogP contribution in [0.4, 0.5) is 0 Å². The normalized spacial score (nSPS) is 34.0. The molecule has 0 radical (unpaired) electrons. The highest BCUT2D eigenvalue weighted by atomic mass is 16.5. The predicted octanol–water partition coefficient (Wildman–Crippen LogP) is 1.78. The van der Waals surface area contributed by atoms with Crippen molar-refractivity contribution in [2.75, 3.05) is 0 Å². The second-order valence-corrected chi connectivity index (χ2v) is 5.58. The Hall–Kier alpha value is -1.68. The van der Waals surface area contributed by atoms with E-state index < -0.39 is 5.41 Å². The summed E-state index contributed by atoms with van der Waals surface area (Å²) in [5, 5.41) is 2.50. The Labute approximate surface area is 112 Å². The summed E-state index contributed by atoms with van der Waals surface area (Å²) >= 11 is 0. The highest BCUT2D eigenvalue weighted by Gasteiger charge is 2.50. The van der Waals surface area contributed by atoms with Gasteiger partial charge in [-0.05, 0) is 38.3 Å². The number of imide groups is 1. The van der Waals surface area contributed by atoms with Crippen molar-refractivity contribution in [3.05, 3.63) is 35.4 Å². The number of hydrogen-bond donors (Lipinski definition) is 1. The molecule has 0 aliphatic carbocycles. The fourth-order valence-electron chi connectivity index (χ4n) is 3.47. The molecule has 1 aromatic rings. The number of nitrogens with one attached hydrogen (secondary N) is 1. The lowest BCUT2D eigenvalue weighted by molar-refractivity contribution is -0.136.